The zero-order chi connectivity index (χ0) is 17.8. The van der Waals surface area contributed by atoms with E-state index in [1.807, 2.05) is 35.7 Å². The van der Waals surface area contributed by atoms with Crippen molar-refractivity contribution < 1.29 is 14.3 Å². The number of ether oxygens (including phenoxy) is 1. The zero-order valence-electron chi connectivity index (χ0n) is 13.6. The maximum atomic E-state index is 12.4. The Morgan fingerprint density at radius 1 is 1.28 bits per heavy atom. The summed E-state index contributed by atoms with van der Waals surface area (Å²) in [6.07, 6.45) is 0. The van der Waals surface area contributed by atoms with Crippen LogP contribution in [0.25, 0.3) is 10.2 Å². The van der Waals surface area contributed by atoms with Crippen molar-refractivity contribution in [2.75, 3.05) is 6.61 Å². The number of nitrogens with one attached hydrogen (secondary N) is 1. The smallest absolute Gasteiger partial charge is 0.355 e. The summed E-state index contributed by atoms with van der Waals surface area (Å²) in [6.45, 7) is 2.57. The quantitative estimate of drug-likeness (QED) is 0.613. The molecule has 0 atom stereocenters. The van der Waals surface area contributed by atoms with Crippen molar-refractivity contribution in [2.45, 2.75) is 20.0 Å². The molecule has 0 bridgehead atoms. The fourth-order valence-corrected chi connectivity index (χ4v) is 3.90. The summed E-state index contributed by atoms with van der Waals surface area (Å²) >= 11 is 4.91. The normalized spacial score (nSPS) is 10.8. The first-order chi connectivity index (χ1) is 12.1. The molecule has 25 heavy (non-hydrogen) atoms. The van der Waals surface area contributed by atoms with Crippen LogP contribution in [-0.4, -0.2) is 23.1 Å². The monoisotopic (exact) mass is 420 g/mol. The van der Waals surface area contributed by atoms with Crippen molar-refractivity contribution >= 4 is 49.4 Å². The van der Waals surface area contributed by atoms with E-state index in [2.05, 4.69) is 21.2 Å². The number of amides is 1. The molecule has 0 radical (unpaired) electrons. The van der Waals surface area contributed by atoms with Crippen molar-refractivity contribution in [1.82, 2.24) is 9.88 Å². The summed E-state index contributed by atoms with van der Waals surface area (Å²) in [7, 11) is 0. The van der Waals surface area contributed by atoms with Crippen LogP contribution in [0.15, 0.2) is 46.3 Å². The third-order valence-corrected chi connectivity index (χ3v) is 5.11. The molecule has 5 nitrogen and oxygen atoms in total. The van der Waals surface area contributed by atoms with E-state index in [0.717, 1.165) is 20.3 Å². The molecule has 0 saturated carbocycles. The van der Waals surface area contributed by atoms with E-state index >= 15 is 0 Å². The molecule has 0 aliphatic rings. The molecule has 1 N–H and O–H groups in total. The van der Waals surface area contributed by atoms with Crippen LogP contribution in [0.1, 0.15) is 23.0 Å². The van der Waals surface area contributed by atoms with Crippen LogP contribution in [-0.2, 0) is 22.6 Å². The second-order valence-electron chi connectivity index (χ2n) is 5.42. The number of esters is 1. The number of aromatic nitrogens is 1. The summed E-state index contributed by atoms with van der Waals surface area (Å²) in [5.41, 5.74) is 1.41. The number of halogens is 1. The van der Waals surface area contributed by atoms with Crippen LogP contribution >= 0.6 is 27.3 Å². The summed E-state index contributed by atoms with van der Waals surface area (Å²) in [6, 6.07) is 11.5. The molecular weight excluding hydrogens is 404 g/mol. The van der Waals surface area contributed by atoms with Gasteiger partial charge in [-0.1, -0.05) is 28.1 Å². The highest BCUT2D eigenvalue weighted by Crippen LogP contribution is 2.25. The van der Waals surface area contributed by atoms with Crippen LogP contribution in [0, 0.1) is 0 Å². The fraction of sp³-hybridized carbons (Fsp3) is 0.222. The van der Waals surface area contributed by atoms with Crippen LogP contribution < -0.4 is 5.32 Å². The van der Waals surface area contributed by atoms with Gasteiger partial charge in [0.05, 0.1) is 6.61 Å². The predicted molar refractivity (Wildman–Crippen MR) is 102 cm³/mol. The van der Waals surface area contributed by atoms with Gasteiger partial charge in [0, 0.05) is 16.4 Å². The number of carbonyl (C=O) groups is 2. The van der Waals surface area contributed by atoms with Crippen molar-refractivity contribution in [1.29, 1.82) is 0 Å². The molecule has 0 saturated heterocycles. The Morgan fingerprint density at radius 3 is 2.88 bits per heavy atom. The van der Waals surface area contributed by atoms with E-state index < -0.39 is 5.97 Å². The fourth-order valence-electron chi connectivity index (χ4n) is 2.55. The van der Waals surface area contributed by atoms with Gasteiger partial charge in [-0.2, -0.15) is 0 Å². The van der Waals surface area contributed by atoms with Crippen molar-refractivity contribution in [3.05, 3.63) is 57.5 Å². The highest BCUT2D eigenvalue weighted by Gasteiger charge is 2.19. The summed E-state index contributed by atoms with van der Waals surface area (Å²) in [4.78, 5) is 25.4. The number of rotatable bonds is 6. The van der Waals surface area contributed by atoms with Gasteiger partial charge in [0.2, 0.25) is 5.91 Å². The summed E-state index contributed by atoms with van der Waals surface area (Å²) in [5, 5.41) is 5.77. The molecule has 7 heteroatoms. The number of benzene rings is 1. The molecule has 0 unspecified atom stereocenters. The average Bonchev–Trinajstić information content (AvgIpc) is 3.16. The van der Waals surface area contributed by atoms with Gasteiger partial charge >= 0.3 is 5.97 Å². The van der Waals surface area contributed by atoms with Gasteiger partial charge in [-0.05, 0) is 42.1 Å². The van der Waals surface area contributed by atoms with E-state index in [-0.39, 0.29) is 12.5 Å². The minimum absolute atomic E-state index is 0.0756. The average molecular weight is 421 g/mol. The van der Waals surface area contributed by atoms with Crippen molar-refractivity contribution in [3.63, 3.8) is 0 Å². The zero-order valence-corrected chi connectivity index (χ0v) is 16.0. The highest BCUT2D eigenvalue weighted by atomic mass is 79.9. The Labute approximate surface area is 157 Å². The first-order valence-electron chi connectivity index (χ1n) is 7.83. The number of carbonyl (C=O) groups excluding carboxylic acids is 2. The van der Waals surface area contributed by atoms with Crippen LogP contribution in [0.3, 0.4) is 0 Å². The van der Waals surface area contributed by atoms with E-state index in [1.165, 1.54) is 11.3 Å². The van der Waals surface area contributed by atoms with Gasteiger partial charge in [0.1, 0.15) is 17.1 Å². The lowest BCUT2D eigenvalue weighted by Gasteiger charge is -2.10. The Morgan fingerprint density at radius 2 is 2.12 bits per heavy atom. The second kappa shape index (κ2) is 7.84. The number of hydrogen-bond acceptors (Lipinski definition) is 4. The molecule has 130 valence electrons. The number of fused-ring (bicyclic) bond motifs is 1. The lowest BCUT2D eigenvalue weighted by molar-refractivity contribution is -0.121. The SMILES string of the molecule is CCOC(=O)c1cc2ccsc2n1CC(=O)NCc1cccc(Br)c1. The molecule has 2 aromatic heterocycles. The molecule has 0 spiro atoms. The van der Waals surface area contributed by atoms with Crippen molar-refractivity contribution in [2.24, 2.45) is 0 Å². The lowest BCUT2D eigenvalue weighted by atomic mass is 10.2. The van der Waals surface area contributed by atoms with Crippen LogP contribution in [0.2, 0.25) is 0 Å². The number of nitrogens with zero attached hydrogens (tertiary/aromatic N) is 1. The van der Waals surface area contributed by atoms with Crippen LogP contribution in [0.4, 0.5) is 0 Å². The molecular formula is C18H17BrN2O3S. The Kier molecular flexibility index (Phi) is 5.55. The Bertz CT molecular complexity index is 916. The molecule has 3 aromatic rings. The first kappa shape index (κ1) is 17.7. The Balaban J connectivity index is 1.74. The largest absolute Gasteiger partial charge is 0.461 e. The van der Waals surface area contributed by atoms with Crippen molar-refractivity contribution in [3.8, 4) is 0 Å². The van der Waals surface area contributed by atoms with Gasteiger partial charge in [0.25, 0.3) is 0 Å². The summed E-state index contributed by atoms with van der Waals surface area (Å²) < 4.78 is 7.78. The molecule has 0 aliphatic carbocycles. The number of hydrogen-bond donors (Lipinski definition) is 1. The van der Waals surface area contributed by atoms with Crippen LogP contribution in [0.5, 0.6) is 0 Å². The van der Waals surface area contributed by atoms with Gasteiger partial charge in [-0.3, -0.25) is 4.79 Å². The summed E-state index contributed by atoms with van der Waals surface area (Å²) in [5.74, 6) is -0.567. The van der Waals surface area contributed by atoms with E-state index in [9.17, 15) is 9.59 Å². The minimum atomic E-state index is -0.411. The lowest BCUT2D eigenvalue weighted by Crippen LogP contribution is -2.28. The standard InChI is InChI=1S/C18H17BrN2O3S/c1-2-24-18(23)15-9-13-6-7-25-17(13)21(15)11-16(22)20-10-12-4-3-5-14(19)8-12/h3-9H,2,10-11H2,1H3,(H,20,22). The maximum Gasteiger partial charge on any atom is 0.355 e. The molecule has 0 aliphatic heterocycles. The highest BCUT2D eigenvalue weighted by molar-refractivity contribution is 9.10. The Hall–Kier alpha value is -2.12. The van der Waals surface area contributed by atoms with E-state index in [0.29, 0.717) is 18.8 Å². The van der Waals surface area contributed by atoms with E-state index in [1.54, 1.807) is 17.6 Å². The third kappa shape index (κ3) is 4.11. The molecule has 1 aromatic carbocycles. The van der Waals surface area contributed by atoms with E-state index in [4.69, 9.17) is 4.74 Å². The van der Waals surface area contributed by atoms with Gasteiger partial charge in [-0.15, -0.1) is 11.3 Å². The third-order valence-electron chi connectivity index (χ3n) is 3.67. The van der Waals surface area contributed by atoms with Gasteiger partial charge < -0.3 is 14.6 Å². The topological polar surface area (TPSA) is 60.3 Å². The predicted octanol–water partition coefficient (Wildman–Crippen LogP) is 3.96. The number of thiophene rings is 1. The molecule has 1 amide bonds. The first-order valence-corrected chi connectivity index (χ1v) is 9.50. The minimum Gasteiger partial charge on any atom is -0.461 e. The maximum absolute atomic E-state index is 12.4. The van der Waals surface area contributed by atoms with Gasteiger partial charge in [-0.25, -0.2) is 4.79 Å². The molecule has 3 rings (SSSR count). The molecule has 0 fully saturated rings. The second-order valence-corrected chi connectivity index (χ2v) is 7.23. The molecule has 2 heterocycles. The van der Waals surface area contributed by atoms with Gasteiger partial charge in [0.15, 0.2) is 0 Å².